The van der Waals surface area contributed by atoms with E-state index >= 15 is 0 Å². The molecule has 6 aromatic carbocycles. The van der Waals surface area contributed by atoms with Crippen molar-refractivity contribution in [2.75, 3.05) is 6.61 Å². The van der Waals surface area contributed by atoms with Crippen molar-refractivity contribution in [3.05, 3.63) is 204 Å². The van der Waals surface area contributed by atoms with Gasteiger partial charge in [0, 0.05) is 5.04 Å². The third kappa shape index (κ3) is 11.7. The molecule has 0 aromatic heterocycles. The minimum atomic E-state index is -3.06. The fraction of sp³-hybridized carbons (Fsp3) is 0.260. The number of oxime groups is 1. The van der Waals surface area contributed by atoms with Gasteiger partial charge in [0.25, 0.3) is 0 Å². The Labute approximate surface area is 345 Å². The number of aliphatic hydroxyl groups excluding tert-OH is 1. The van der Waals surface area contributed by atoms with Gasteiger partial charge < -0.3 is 28.6 Å². The fourth-order valence-corrected chi connectivity index (χ4v) is 11.1. The van der Waals surface area contributed by atoms with Gasteiger partial charge in [-0.25, -0.2) is 0 Å². The zero-order chi connectivity index (χ0) is 40.5. The van der Waals surface area contributed by atoms with Crippen LogP contribution in [0.4, 0.5) is 0 Å². The van der Waals surface area contributed by atoms with E-state index in [1.807, 2.05) is 158 Å². The highest BCUT2D eigenvalue weighted by atomic mass is 28.4. The zero-order valence-corrected chi connectivity index (χ0v) is 34.7. The summed E-state index contributed by atoms with van der Waals surface area (Å²) in [5.41, 5.74) is 3.91. The second-order valence-corrected chi connectivity index (χ2v) is 19.6. The molecule has 58 heavy (non-hydrogen) atoms. The Hall–Kier alpha value is -5.19. The van der Waals surface area contributed by atoms with Gasteiger partial charge in [0.1, 0.15) is 24.4 Å². The molecule has 0 bridgehead atoms. The highest BCUT2D eigenvalue weighted by Gasteiger charge is 2.53. The number of ether oxygens (including phenoxy) is 4. The van der Waals surface area contributed by atoms with Gasteiger partial charge in [0.2, 0.25) is 0 Å². The van der Waals surface area contributed by atoms with Crippen molar-refractivity contribution >= 4 is 24.9 Å². The van der Waals surface area contributed by atoms with Crippen LogP contribution in [0, 0.1) is 0 Å². The number of nitrogens with zero attached hydrogens (tertiary/aromatic N) is 1. The van der Waals surface area contributed by atoms with E-state index in [9.17, 15) is 5.11 Å². The standard InChI is InChI=1S/C50H55NO6Si/c1-50(2,3)58(44-30-18-8-19-31-44,45-32-20-9-21-33-45)57-51-34-46(54-36-41-24-12-5-13-25-41)49(56-38-43-28-16-7-17-29-43)48(52)47(55-37-42-26-14-6-15-27-42)39-53-35-40-22-10-4-11-23-40/h4-34,46-49,52H,35-39H2,1-3H3/b51-34+/t46-,47+,48+,49+/m0/s1. The van der Waals surface area contributed by atoms with E-state index in [1.54, 1.807) is 6.21 Å². The van der Waals surface area contributed by atoms with Crippen LogP contribution in [0.15, 0.2) is 187 Å². The van der Waals surface area contributed by atoms with Gasteiger partial charge in [0.15, 0.2) is 0 Å². The van der Waals surface area contributed by atoms with Gasteiger partial charge in [-0.1, -0.05) is 203 Å². The highest BCUT2D eigenvalue weighted by molar-refractivity contribution is 6.99. The molecule has 4 atom stereocenters. The maximum Gasteiger partial charge on any atom is 0.354 e. The molecule has 0 aliphatic rings. The Morgan fingerprint density at radius 3 is 1.33 bits per heavy atom. The molecule has 0 saturated heterocycles. The Kier molecular flexibility index (Phi) is 15.7. The topological polar surface area (TPSA) is 78.7 Å². The molecule has 0 unspecified atom stereocenters. The van der Waals surface area contributed by atoms with E-state index in [1.165, 1.54) is 0 Å². The molecule has 0 amide bonds. The van der Waals surface area contributed by atoms with E-state index in [4.69, 9.17) is 28.6 Å². The highest BCUT2D eigenvalue weighted by Crippen LogP contribution is 2.37. The van der Waals surface area contributed by atoms with Crippen LogP contribution in [0.5, 0.6) is 0 Å². The van der Waals surface area contributed by atoms with Crippen molar-refractivity contribution < 1.29 is 28.6 Å². The van der Waals surface area contributed by atoms with Gasteiger partial charge in [0.05, 0.1) is 39.2 Å². The summed E-state index contributed by atoms with van der Waals surface area (Å²) in [5.74, 6) is 0. The Morgan fingerprint density at radius 1 is 0.517 bits per heavy atom. The molecule has 0 saturated carbocycles. The summed E-state index contributed by atoms with van der Waals surface area (Å²) in [6, 6.07) is 60.4. The Balaban J connectivity index is 1.37. The molecule has 0 aliphatic heterocycles. The molecule has 0 spiro atoms. The van der Waals surface area contributed by atoms with Crippen LogP contribution in [-0.2, 0) is 49.9 Å². The van der Waals surface area contributed by atoms with Crippen molar-refractivity contribution in [3.63, 3.8) is 0 Å². The van der Waals surface area contributed by atoms with E-state index in [0.717, 1.165) is 32.6 Å². The average molecular weight is 794 g/mol. The maximum atomic E-state index is 12.5. The SMILES string of the molecule is CC(C)(C)[Si](O/N=C/[C@H](OCc1ccccc1)[C@@H](OCc1ccccc1)[C@H](O)[C@@H](COCc1ccccc1)OCc1ccccc1)(c1ccccc1)c1ccccc1. The Morgan fingerprint density at radius 2 is 0.897 bits per heavy atom. The van der Waals surface area contributed by atoms with Crippen LogP contribution in [-0.4, -0.2) is 50.7 Å². The Bertz CT molecular complexity index is 2010. The second-order valence-electron chi connectivity index (χ2n) is 15.4. The van der Waals surface area contributed by atoms with E-state index in [2.05, 4.69) is 45.0 Å². The molecule has 0 aliphatic carbocycles. The number of hydrogen-bond acceptors (Lipinski definition) is 7. The fourth-order valence-electron chi connectivity index (χ4n) is 7.04. The van der Waals surface area contributed by atoms with Gasteiger partial charge >= 0.3 is 8.32 Å². The largest absolute Gasteiger partial charge is 0.443 e. The predicted molar refractivity (Wildman–Crippen MR) is 234 cm³/mol. The van der Waals surface area contributed by atoms with Gasteiger partial charge in [-0.15, -0.1) is 5.16 Å². The van der Waals surface area contributed by atoms with E-state index in [-0.39, 0.29) is 31.5 Å². The molecule has 6 aromatic rings. The zero-order valence-electron chi connectivity index (χ0n) is 33.7. The first-order valence-electron chi connectivity index (χ1n) is 19.9. The van der Waals surface area contributed by atoms with Crippen molar-refractivity contribution in [2.45, 2.75) is 76.7 Å². The van der Waals surface area contributed by atoms with Gasteiger partial charge in [-0.2, -0.15) is 0 Å². The minimum Gasteiger partial charge on any atom is -0.443 e. The van der Waals surface area contributed by atoms with Crippen molar-refractivity contribution in [2.24, 2.45) is 5.16 Å². The summed E-state index contributed by atoms with van der Waals surface area (Å²) in [4.78, 5) is 0. The summed E-state index contributed by atoms with van der Waals surface area (Å²) < 4.78 is 33.1. The van der Waals surface area contributed by atoms with Crippen LogP contribution >= 0.6 is 0 Å². The quantitative estimate of drug-likeness (QED) is 0.0446. The lowest BCUT2D eigenvalue weighted by molar-refractivity contribution is -0.167. The smallest absolute Gasteiger partial charge is 0.354 e. The van der Waals surface area contributed by atoms with Crippen LogP contribution in [0.1, 0.15) is 43.0 Å². The average Bonchev–Trinajstić information content (AvgIpc) is 3.26. The van der Waals surface area contributed by atoms with Crippen molar-refractivity contribution in [1.82, 2.24) is 0 Å². The van der Waals surface area contributed by atoms with Crippen LogP contribution in [0.25, 0.3) is 0 Å². The molecule has 8 heteroatoms. The predicted octanol–water partition coefficient (Wildman–Crippen LogP) is 8.88. The molecule has 6 rings (SSSR count). The monoisotopic (exact) mass is 793 g/mol. The van der Waals surface area contributed by atoms with Gasteiger partial charge in [-0.3, -0.25) is 0 Å². The minimum absolute atomic E-state index is 0.106. The molecule has 7 nitrogen and oxygen atoms in total. The summed E-state index contributed by atoms with van der Waals surface area (Å²) in [6.07, 6.45) is -2.16. The van der Waals surface area contributed by atoms with Crippen molar-refractivity contribution in [3.8, 4) is 0 Å². The summed E-state index contributed by atoms with van der Waals surface area (Å²) in [5, 5.41) is 19.2. The molecule has 0 fully saturated rings. The maximum absolute atomic E-state index is 12.5. The molecular weight excluding hydrogens is 739 g/mol. The first-order chi connectivity index (χ1) is 28.3. The molecule has 300 valence electrons. The van der Waals surface area contributed by atoms with Crippen molar-refractivity contribution in [1.29, 1.82) is 0 Å². The second kappa shape index (κ2) is 21.5. The van der Waals surface area contributed by atoms with Gasteiger partial charge in [-0.05, 0) is 32.6 Å². The number of hydrogen-bond donors (Lipinski definition) is 1. The van der Waals surface area contributed by atoms with E-state index in [0.29, 0.717) is 6.61 Å². The summed E-state index contributed by atoms with van der Waals surface area (Å²) in [7, 11) is -3.06. The number of rotatable bonds is 21. The third-order valence-corrected chi connectivity index (χ3v) is 14.9. The molecule has 0 radical (unpaired) electrons. The van der Waals surface area contributed by atoms with Crippen LogP contribution < -0.4 is 10.4 Å². The molecular formula is C50H55NO6Si. The molecule has 0 heterocycles. The number of aliphatic hydroxyl groups is 1. The van der Waals surface area contributed by atoms with E-state index < -0.39 is 32.7 Å². The normalized spacial score (nSPS) is 14.1. The lowest BCUT2D eigenvalue weighted by Crippen LogP contribution is -2.65. The third-order valence-electron chi connectivity index (χ3n) is 10.1. The number of benzene rings is 6. The first-order valence-corrected chi connectivity index (χ1v) is 21.8. The summed E-state index contributed by atoms with van der Waals surface area (Å²) in [6.45, 7) is 7.81. The summed E-state index contributed by atoms with van der Waals surface area (Å²) >= 11 is 0. The lowest BCUT2D eigenvalue weighted by atomic mass is 10.0. The van der Waals surface area contributed by atoms with Crippen LogP contribution in [0.2, 0.25) is 5.04 Å². The van der Waals surface area contributed by atoms with Crippen LogP contribution in [0.3, 0.4) is 0 Å². The first kappa shape index (κ1) is 42.4. The lowest BCUT2D eigenvalue weighted by Gasteiger charge is -2.40. The molecule has 1 N–H and O–H groups in total.